The molecular weight excluding hydrogens is 240 g/mol. The molecule has 3 nitrogen and oxygen atoms in total. The number of rotatable bonds is 4. The van der Waals surface area contributed by atoms with Crippen molar-refractivity contribution < 1.29 is 14.3 Å². The summed E-state index contributed by atoms with van der Waals surface area (Å²) in [5, 5.41) is 0.536. The van der Waals surface area contributed by atoms with Crippen molar-refractivity contribution in [1.82, 2.24) is 0 Å². The van der Waals surface area contributed by atoms with Crippen molar-refractivity contribution in [2.45, 2.75) is 27.2 Å². The molecule has 1 aromatic carbocycles. The Kier molecular flexibility index (Phi) is 4.40. The highest BCUT2D eigenvalue weighted by Crippen LogP contribution is 2.41. The Morgan fingerprint density at radius 1 is 1.12 bits per heavy atom. The van der Waals surface area contributed by atoms with E-state index in [1.165, 1.54) is 0 Å². The van der Waals surface area contributed by atoms with Gasteiger partial charge in [0, 0.05) is 17.5 Å². The molecule has 0 heterocycles. The summed E-state index contributed by atoms with van der Waals surface area (Å²) in [6.07, 6.45) is 0.323. The van der Waals surface area contributed by atoms with Gasteiger partial charge in [-0.05, 0) is 26.3 Å². The molecule has 1 rings (SSSR count). The topological polar surface area (TPSA) is 35.5 Å². The quantitative estimate of drug-likeness (QED) is 0.830. The van der Waals surface area contributed by atoms with E-state index >= 15 is 0 Å². The molecule has 0 atom stereocenters. The Hall–Kier alpha value is -1.22. The second-order valence-corrected chi connectivity index (χ2v) is 4.37. The largest absolute Gasteiger partial charge is 0.496 e. The van der Waals surface area contributed by atoms with Crippen molar-refractivity contribution in [3.63, 3.8) is 0 Å². The first kappa shape index (κ1) is 13.8. The van der Waals surface area contributed by atoms with Gasteiger partial charge in [0.2, 0.25) is 0 Å². The van der Waals surface area contributed by atoms with Gasteiger partial charge in [-0.25, -0.2) is 0 Å². The van der Waals surface area contributed by atoms with Crippen molar-refractivity contribution in [2.75, 3.05) is 14.2 Å². The van der Waals surface area contributed by atoms with Crippen LogP contribution in [-0.4, -0.2) is 20.0 Å². The molecule has 0 aliphatic heterocycles. The van der Waals surface area contributed by atoms with Gasteiger partial charge in [-0.2, -0.15) is 0 Å². The highest BCUT2D eigenvalue weighted by Gasteiger charge is 2.20. The molecule has 0 N–H and O–H groups in total. The van der Waals surface area contributed by atoms with Crippen LogP contribution in [0.25, 0.3) is 0 Å². The van der Waals surface area contributed by atoms with E-state index in [-0.39, 0.29) is 5.78 Å². The number of carbonyl (C=O) groups is 1. The average molecular weight is 257 g/mol. The Bertz CT molecular complexity index is 453. The number of methoxy groups -OCH3 is 2. The number of ketones is 1. The fourth-order valence-electron chi connectivity index (χ4n) is 1.95. The van der Waals surface area contributed by atoms with E-state index in [0.717, 1.165) is 16.7 Å². The lowest BCUT2D eigenvalue weighted by molar-refractivity contribution is -0.116. The number of ether oxygens (including phenoxy) is 2. The number of carbonyl (C=O) groups excluding carboxylic acids is 1. The number of hydrogen-bond acceptors (Lipinski definition) is 3. The van der Waals surface area contributed by atoms with Gasteiger partial charge < -0.3 is 9.47 Å². The van der Waals surface area contributed by atoms with Crippen LogP contribution < -0.4 is 9.47 Å². The number of hydrogen-bond donors (Lipinski definition) is 0. The smallest absolute Gasteiger partial charge is 0.141 e. The molecular formula is C13H17ClO3. The first-order chi connectivity index (χ1) is 7.93. The van der Waals surface area contributed by atoms with Crippen LogP contribution in [0.2, 0.25) is 5.02 Å². The lowest BCUT2D eigenvalue weighted by Crippen LogP contribution is -2.06. The Labute approximate surface area is 107 Å². The molecule has 0 saturated heterocycles. The average Bonchev–Trinajstić information content (AvgIpc) is 2.27. The van der Waals surface area contributed by atoms with Crippen molar-refractivity contribution in [2.24, 2.45) is 0 Å². The van der Waals surface area contributed by atoms with Crippen LogP contribution in [0.3, 0.4) is 0 Å². The minimum absolute atomic E-state index is 0.0789. The number of benzene rings is 1. The maximum atomic E-state index is 11.3. The fourth-order valence-corrected chi connectivity index (χ4v) is 2.25. The second kappa shape index (κ2) is 5.41. The van der Waals surface area contributed by atoms with Crippen molar-refractivity contribution >= 4 is 17.4 Å². The predicted molar refractivity (Wildman–Crippen MR) is 68.4 cm³/mol. The van der Waals surface area contributed by atoms with Crippen molar-refractivity contribution in [3.8, 4) is 11.5 Å². The summed E-state index contributed by atoms with van der Waals surface area (Å²) in [6.45, 7) is 5.28. The third-order valence-electron chi connectivity index (χ3n) is 2.77. The van der Waals surface area contributed by atoms with E-state index in [1.807, 2.05) is 13.8 Å². The van der Waals surface area contributed by atoms with Crippen LogP contribution in [0.4, 0.5) is 0 Å². The SMILES string of the molecule is COc1c(C)c(CC(C)=O)c(OC)c(C)c1Cl. The summed E-state index contributed by atoms with van der Waals surface area (Å²) < 4.78 is 10.6. The minimum atomic E-state index is 0.0789. The Morgan fingerprint density at radius 3 is 2.06 bits per heavy atom. The van der Waals surface area contributed by atoms with Gasteiger partial charge in [0.25, 0.3) is 0 Å². The molecule has 0 saturated carbocycles. The third kappa shape index (κ3) is 2.55. The van der Waals surface area contributed by atoms with Gasteiger partial charge in [-0.15, -0.1) is 0 Å². The van der Waals surface area contributed by atoms with Crippen molar-refractivity contribution in [3.05, 3.63) is 21.7 Å². The molecule has 0 aliphatic carbocycles. The number of Topliss-reactive ketones (excluding diaryl/α,β-unsaturated/α-hetero) is 1. The summed E-state index contributed by atoms with van der Waals surface area (Å²) >= 11 is 6.20. The zero-order valence-electron chi connectivity index (χ0n) is 10.8. The maximum absolute atomic E-state index is 11.3. The monoisotopic (exact) mass is 256 g/mol. The summed E-state index contributed by atoms with van der Waals surface area (Å²) in [6, 6.07) is 0. The molecule has 0 aromatic heterocycles. The van der Waals surface area contributed by atoms with Crippen LogP contribution in [0.5, 0.6) is 11.5 Å². The molecule has 94 valence electrons. The second-order valence-electron chi connectivity index (χ2n) is 3.99. The van der Waals surface area contributed by atoms with E-state index in [0.29, 0.717) is 22.9 Å². The van der Waals surface area contributed by atoms with Gasteiger partial charge >= 0.3 is 0 Å². The van der Waals surface area contributed by atoms with E-state index < -0.39 is 0 Å². The van der Waals surface area contributed by atoms with E-state index in [1.54, 1.807) is 21.1 Å². The molecule has 0 spiro atoms. The summed E-state index contributed by atoms with van der Waals surface area (Å²) in [4.78, 5) is 11.3. The molecule has 0 aliphatic rings. The molecule has 1 aromatic rings. The number of halogens is 1. The van der Waals surface area contributed by atoms with Gasteiger partial charge in [-0.1, -0.05) is 11.6 Å². The van der Waals surface area contributed by atoms with Gasteiger partial charge in [0.05, 0.1) is 19.2 Å². The molecule has 0 bridgehead atoms. The van der Waals surface area contributed by atoms with E-state index in [4.69, 9.17) is 21.1 Å². The molecule has 0 radical (unpaired) electrons. The molecule has 4 heteroatoms. The summed E-state index contributed by atoms with van der Waals surface area (Å²) in [7, 11) is 3.14. The van der Waals surface area contributed by atoms with Crippen LogP contribution in [-0.2, 0) is 11.2 Å². The molecule has 17 heavy (non-hydrogen) atoms. The fraction of sp³-hybridized carbons (Fsp3) is 0.462. The maximum Gasteiger partial charge on any atom is 0.141 e. The first-order valence-electron chi connectivity index (χ1n) is 5.32. The predicted octanol–water partition coefficient (Wildman–Crippen LogP) is 3.11. The highest BCUT2D eigenvalue weighted by molar-refractivity contribution is 6.33. The normalized spacial score (nSPS) is 10.2. The molecule has 0 fully saturated rings. The van der Waals surface area contributed by atoms with Crippen LogP contribution in [0.15, 0.2) is 0 Å². The van der Waals surface area contributed by atoms with Gasteiger partial charge in [0.1, 0.15) is 17.3 Å². The minimum Gasteiger partial charge on any atom is -0.496 e. The highest BCUT2D eigenvalue weighted by atomic mass is 35.5. The van der Waals surface area contributed by atoms with Gasteiger partial charge in [-0.3, -0.25) is 4.79 Å². The van der Waals surface area contributed by atoms with E-state index in [9.17, 15) is 4.79 Å². The lowest BCUT2D eigenvalue weighted by atomic mass is 9.98. The molecule has 0 unspecified atom stereocenters. The summed E-state index contributed by atoms with van der Waals surface area (Å²) in [5.41, 5.74) is 2.50. The Balaban J connectivity index is 3.54. The van der Waals surface area contributed by atoms with Crippen LogP contribution in [0, 0.1) is 13.8 Å². The van der Waals surface area contributed by atoms with Crippen LogP contribution >= 0.6 is 11.6 Å². The Morgan fingerprint density at radius 2 is 1.65 bits per heavy atom. The zero-order valence-corrected chi connectivity index (χ0v) is 11.6. The van der Waals surface area contributed by atoms with Gasteiger partial charge in [0.15, 0.2) is 0 Å². The third-order valence-corrected chi connectivity index (χ3v) is 3.23. The van der Waals surface area contributed by atoms with Crippen LogP contribution in [0.1, 0.15) is 23.6 Å². The standard InChI is InChI=1S/C13H17ClO3/c1-7(15)6-10-8(2)13(17-5)11(14)9(3)12(10)16-4/h6H2,1-5H3. The summed E-state index contributed by atoms with van der Waals surface area (Å²) in [5.74, 6) is 1.36. The first-order valence-corrected chi connectivity index (χ1v) is 5.70. The van der Waals surface area contributed by atoms with E-state index in [2.05, 4.69) is 0 Å². The van der Waals surface area contributed by atoms with Crippen molar-refractivity contribution in [1.29, 1.82) is 0 Å². The lowest BCUT2D eigenvalue weighted by Gasteiger charge is -2.18. The zero-order chi connectivity index (χ0) is 13.2. The molecule has 0 amide bonds.